The summed E-state index contributed by atoms with van der Waals surface area (Å²) in [6.07, 6.45) is 3.99. The fourth-order valence-corrected chi connectivity index (χ4v) is 2.52. The molecule has 5 nitrogen and oxygen atoms in total. The van der Waals surface area contributed by atoms with Gasteiger partial charge in [-0.25, -0.2) is 4.98 Å². The van der Waals surface area contributed by atoms with Crippen LogP contribution in [-0.2, 0) is 12.8 Å². The number of thiazole rings is 1. The molecule has 0 atom stereocenters. The summed E-state index contributed by atoms with van der Waals surface area (Å²) < 4.78 is 0. The lowest BCUT2D eigenvalue weighted by atomic mass is 10.4. The van der Waals surface area contributed by atoms with E-state index in [1.54, 1.807) is 18.4 Å². The molecule has 1 heterocycles. The van der Waals surface area contributed by atoms with E-state index in [-0.39, 0.29) is 24.0 Å². The molecule has 0 saturated carbocycles. The van der Waals surface area contributed by atoms with Crippen molar-refractivity contribution in [1.29, 1.82) is 0 Å². The van der Waals surface area contributed by atoms with E-state index in [4.69, 9.17) is 0 Å². The number of guanidine groups is 1. The van der Waals surface area contributed by atoms with Crippen molar-refractivity contribution in [3.8, 4) is 0 Å². The average molecular weight is 425 g/mol. The summed E-state index contributed by atoms with van der Waals surface area (Å²) in [5.41, 5.74) is 0. The zero-order valence-corrected chi connectivity index (χ0v) is 16.6. The van der Waals surface area contributed by atoms with E-state index in [1.807, 2.05) is 6.20 Å². The summed E-state index contributed by atoms with van der Waals surface area (Å²) in [6.45, 7) is 8.17. The molecule has 7 heteroatoms. The van der Waals surface area contributed by atoms with Gasteiger partial charge in [-0.2, -0.15) is 0 Å². The minimum atomic E-state index is 0. The van der Waals surface area contributed by atoms with Crippen LogP contribution in [0.4, 0.5) is 0 Å². The van der Waals surface area contributed by atoms with E-state index in [9.17, 15) is 0 Å². The van der Waals surface area contributed by atoms with Crippen LogP contribution in [0, 0.1) is 0 Å². The molecule has 21 heavy (non-hydrogen) atoms. The molecule has 0 spiro atoms. The highest BCUT2D eigenvalue weighted by atomic mass is 127. The van der Waals surface area contributed by atoms with Gasteiger partial charge in [-0.15, -0.1) is 35.3 Å². The van der Waals surface area contributed by atoms with Gasteiger partial charge in [-0.05, 0) is 20.0 Å². The quantitative estimate of drug-likeness (QED) is 0.380. The monoisotopic (exact) mass is 425 g/mol. The third-order valence-electron chi connectivity index (χ3n) is 3.13. The van der Waals surface area contributed by atoms with Crippen molar-refractivity contribution >= 4 is 41.3 Å². The lowest BCUT2D eigenvalue weighted by Crippen LogP contribution is -2.41. The van der Waals surface area contributed by atoms with Crippen molar-refractivity contribution in [2.75, 3.05) is 40.3 Å². The van der Waals surface area contributed by atoms with Gasteiger partial charge in [-0.1, -0.05) is 13.8 Å². The first kappa shape index (κ1) is 20.6. The van der Waals surface area contributed by atoms with Crippen LogP contribution in [0.3, 0.4) is 0 Å². The summed E-state index contributed by atoms with van der Waals surface area (Å²) in [5.74, 6) is 0.863. The normalized spacial score (nSPS) is 11.4. The van der Waals surface area contributed by atoms with Crippen molar-refractivity contribution in [3.63, 3.8) is 0 Å². The predicted octanol–water partition coefficient (Wildman–Crippen LogP) is 1.98. The number of aromatic nitrogens is 1. The maximum Gasteiger partial charge on any atom is 0.191 e. The predicted molar refractivity (Wildman–Crippen MR) is 103 cm³/mol. The first-order chi connectivity index (χ1) is 9.69. The highest BCUT2D eigenvalue weighted by molar-refractivity contribution is 14.0. The second-order valence-electron chi connectivity index (χ2n) is 4.65. The van der Waals surface area contributed by atoms with Gasteiger partial charge in [0.25, 0.3) is 0 Å². The fraction of sp³-hybridized carbons (Fsp3) is 0.714. The molecule has 1 rings (SSSR count). The maximum absolute atomic E-state index is 4.42. The number of likely N-dealkylation sites (N-methyl/N-ethyl adjacent to an activating group) is 1. The van der Waals surface area contributed by atoms with Crippen LogP contribution in [0.1, 0.15) is 23.7 Å². The van der Waals surface area contributed by atoms with Gasteiger partial charge in [-0.3, -0.25) is 4.99 Å². The molecule has 1 aromatic rings. The molecule has 1 aromatic heterocycles. The van der Waals surface area contributed by atoms with Gasteiger partial charge in [0.15, 0.2) is 5.96 Å². The first-order valence-electron chi connectivity index (χ1n) is 7.26. The number of aryl methyl sites for hydroxylation is 1. The third kappa shape index (κ3) is 8.57. The number of nitrogens with one attached hydrogen (secondary N) is 2. The lowest BCUT2D eigenvalue weighted by Gasteiger charge is -2.16. The van der Waals surface area contributed by atoms with Gasteiger partial charge < -0.3 is 15.5 Å². The van der Waals surface area contributed by atoms with E-state index in [1.165, 1.54) is 9.88 Å². The Morgan fingerprint density at radius 3 is 2.62 bits per heavy atom. The van der Waals surface area contributed by atoms with Gasteiger partial charge in [0, 0.05) is 44.2 Å². The topological polar surface area (TPSA) is 52.6 Å². The molecule has 0 aliphatic rings. The van der Waals surface area contributed by atoms with E-state index in [2.05, 4.69) is 46.4 Å². The summed E-state index contributed by atoms with van der Waals surface area (Å²) in [7, 11) is 3.92. The smallest absolute Gasteiger partial charge is 0.191 e. The standard InChI is InChI=1S/C14H27N5S.HI/c1-5-12-11-18-13(20-12)7-8-16-14(15-3)17-9-10-19(4)6-2;/h11H,5-10H2,1-4H3,(H2,15,16,17);1H. The molecule has 0 radical (unpaired) electrons. The Hall–Kier alpha value is -0.410. The van der Waals surface area contributed by atoms with Crippen LogP contribution in [0.25, 0.3) is 0 Å². The lowest BCUT2D eigenvalue weighted by molar-refractivity contribution is 0.357. The van der Waals surface area contributed by atoms with Crippen LogP contribution in [0.2, 0.25) is 0 Å². The van der Waals surface area contributed by atoms with Crippen molar-refractivity contribution in [2.24, 2.45) is 4.99 Å². The molecule has 0 fully saturated rings. The average Bonchev–Trinajstić information content (AvgIpc) is 2.93. The Labute approximate surface area is 149 Å². The minimum Gasteiger partial charge on any atom is -0.356 e. The molecular weight excluding hydrogens is 397 g/mol. The highest BCUT2D eigenvalue weighted by Crippen LogP contribution is 2.13. The minimum absolute atomic E-state index is 0. The van der Waals surface area contributed by atoms with E-state index < -0.39 is 0 Å². The molecule has 0 bridgehead atoms. The first-order valence-corrected chi connectivity index (χ1v) is 8.07. The number of aliphatic imine (C=N–C) groups is 1. The van der Waals surface area contributed by atoms with Gasteiger partial charge in [0.1, 0.15) is 0 Å². The highest BCUT2D eigenvalue weighted by Gasteiger charge is 2.02. The molecular formula is C14H28IN5S. The fourth-order valence-electron chi connectivity index (χ4n) is 1.66. The molecule has 0 aliphatic carbocycles. The molecule has 0 saturated heterocycles. The van der Waals surface area contributed by atoms with Crippen molar-refractivity contribution in [3.05, 3.63) is 16.1 Å². The Morgan fingerprint density at radius 1 is 1.33 bits per heavy atom. The number of rotatable bonds is 8. The number of hydrogen-bond donors (Lipinski definition) is 2. The van der Waals surface area contributed by atoms with Crippen molar-refractivity contribution < 1.29 is 0 Å². The van der Waals surface area contributed by atoms with Crippen LogP contribution in [0.15, 0.2) is 11.2 Å². The van der Waals surface area contributed by atoms with E-state index in [0.717, 1.165) is 45.0 Å². The molecule has 2 N–H and O–H groups in total. The Bertz CT molecular complexity index is 408. The van der Waals surface area contributed by atoms with Crippen LogP contribution < -0.4 is 10.6 Å². The van der Waals surface area contributed by atoms with E-state index >= 15 is 0 Å². The second-order valence-corrected chi connectivity index (χ2v) is 5.85. The summed E-state index contributed by atoms with van der Waals surface area (Å²) in [6, 6.07) is 0. The molecule has 0 amide bonds. The summed E-state index contributed by atoms with van der Waals surface area (Å²) in [4.78, 5) is 12.3. The van der Waals surface area contributed by atoms with Gasteiger partial charge >= 0.3 is 0 Å². The van der Waals surface area contributed by atoms with Gasteiger partial charge in [0.05, 0.1) is 5.01 Å². The van der Waals surface area contributed by atoms with Crippen LogP contribution in [-0.4, -0.2) is 56.1 Å². The van der Waals surface area contributed by atoms with Gasteiger partial charge in [0.2, 0.25) is 0 Å². The van der Waals surface area contributed by atoms with Crippen LogP contribution in [0.5, 0.6) is 0 Å². The van der Waals surface area contributed by atoms with Crippen LogP contribution >= 0.6 is 35.3 Å². The van der Waals surface area contributed by atoms with Crippen molar-refractivity contribution in [2.45, 2.75) is 26.7 Å². The summed E-state index contributed by atoms with van der Waals surface area (Å²) in [5, 5.41) is 7.83. The molecule has 0 unspecified atom stereocenters. The Morgan fingerprint density at radius 2 is 2.05 bits per heavy atom. The largest absolute Gasteiger partial charge is 0.356 e. The SMILES string of the molecule is CCc1cnc(CCNC(=NC)NCCN(C)CC)s1.I. The zero-order chi connectivity index (χ0) is 14.8. The Balaban J connectivity index is 0.00000400. The number of halogens is 1. The third-order valence-corrected chi connectivity index (χ3v) is 4.33. The van der Waals surface area contributed by atoms with E-state index in [0.29, 0.717) is 0 Å². The molecule has 0 aromatic carbocycles. The maximum atomic E-state index is 4.42. The molecule has 122 valence electrons. The number of hydrogen-bond acceptors (Lipinski definition) is 4. The molecule has 0 aliphatic heterocycles. The Kier molecular flexibility index (Phi) is 11.9. The number of nitrogens with zero attached hydrogens (tertiary/aromatic N) is 3. The summed E-state index contributed by atoms with van der Waals surface area (Å²) >= 11 is 1.80. The zero-order valence-electron chi connectivity index (χ0n) is 13.5. The second kappa shape index (κ2) is 12.2. The van der Waals surface area contributed by atoms with Crippen molar-refractivity contribution in [1.82, 2.24) is 20.5 Å².